The highest BCUT2D eigenvalue weighted by atomic mass is 32.2. The van der Waals surface area contributed by atoms with Crippen molar-refractivity contribution in [3.8, 4) is 0 Å². The number of anilines is 1. The molecule has 148 valence electrons. The fourth-order valence-electron chi connectivity index (χ4n) is 3.06. The first-order valence-electron chi connectivity index (χ1n) is 8.61. The van der Waals surface area contributed by atoms with Gasteiger partial charge >= 0.3 is 0 Å². The number of aromatic nitrogens is 3. The van der Waals surface area contributed by atoms with Crippen molar-refractivity contribution in [1.29, 1.82) is 0 Å². The van der Waals surface area contributed by atoms with Gasteiger partial charge in [-0.1, -0.05) is 0 Å². The Morgan fingerprint density at radius 3 is 3.04 bits per heavy atom. The van der Waals surface area contributed by atoms with E-state index in [9.17, 15) is 13.2 Å². The van der Waals surface area contributed by atoms with Gasteiger partial charge in [-0.15, -0.1) is 11.3 Å². The Bertz CT molecular complexity index is 1130. The summed E-state index contributed by atoms with van der Waals surface area (Å²) >= 11 is 1.40. The number of aryl methyl sites for hydroxylation is 1. The summed E-state index contributed by atoms with van der Waals surface area (Å²) in [6.07, 6.45) is 2.34. The van der Waals surface area contributed by atoms with Gasteiger partial charge in [-0.3, -0.25) is 9.89 Å². The smallest absolute Gasteiger partial charge is 0.245 e. The quantitative estimate of drug-likeness (QED) is 0.647. The first-order chi connectivity index (χ1) is 13.3. The molecule has 1 aliphatic rings. The molecule has 0 aliphatic carbocycles. The highest BCUT2D eigenvalue weighted by molar-refractivity contribution is 7.89. The number of sulfonamides is 1. The van der Waals surface area contributed by atoms with E-state index in [1.807, 2.05) is 13.0 Å². The van der Waals surface area contributed by atoms with Gasteiger partial charge < -0.3 is 10.1 Å². The normalized spacial score (nSPS) is 14.4. The number of carbonyl (C=O) groups excluding carboxylic acids is 1. The maximum atomic E-state index is 13.0. The van der Waals surface area contributed by atoms with E-state index in [0.717, 1.165) is 26.9 Å². The number of thiazole rings is 1. The fraction of sp³-hybridized carbons (Fsp3) is 0.353. The Morgan fingerprint density at radius 2 is 2.25 bits per heavy atom. The van der Waals surface area contributed by atoms with Crippen molar-refractivity contribution in [3.05, 3.63) is 34.5 Å². The summed E-state index contributed by atoms with van der Waals surface area (Å²) in [7, 11) is -2.51. The number of amides is 1. The zero-order chi connectivity index (χ0) is 19.9. The third-order valence-electron chi connectivity index (χ3n) is 4.45. The average molecular weight is 422 g/mol. The predicted octanol–water partition coefficient (Wildman–Crippen LogP) is 1.66. The molecule has 3 aromatic rings. The number of nitrogens with one attached hydrogen (secondary N) is 2. The molecular formula is C17H19N5O4S2. The lowest BCUT2D eigenvalue weighted by Gasteiger charge is -2.17. The molecule has 0 bridgehead atoms. The average Bonchev–Trinajstić information content (AvgIpc) is 3.26. The van der Waals surface area contributed by atoms with E-state index in [1.54, 1.807) is 12.3 Å². The molecule has 9 nitrogen and oxygen atoms in total. The molecule has 0 fully saturated rings. The predicted molar refractivity (Wildman–Crippen MR) is 105 cm³/mol. The molecule has 1 aliphatic heterocycles. The van der Waals surface area contributed by atoms with Gasteiger partial charge in [0.25, 0.3) is 0 Å². The minimum absolute atomic E-state index is 0.0946. The van der Waals surface area contributed by atoms with Crippen LogP contribution in [0.25, 0.3) is 10.9 Å². The summed E-state index contributed by atoms with van der Waals surface area (Å²) < 4.78 is 32.4. The van der Waals surface area contributed by atoms with Crippen LogP contribution in [-0.2, 0) is 32.6 Å². The molecule has 0 unspecified atom stereocenters. The molecule has 0 saturated carbocycles. The van der Waals surface area contributed by atoms with Crippen LogP contribution in [0, 0.1) is 6.92 Å². The zero-order valence-corrected chi connectivity index (χ0v) is 17.0. The second-order valence-electron chi connectivity index (χ2n) is 6.60. The van der Waals surface area contributed by atoms with Crippen LogP contribution in [0.2, 0.25) is 0 Å². The maximum Gasteiger partial charge on any atom is 0.245 e. The van der Waals surface area contributed by atoms with Gasteiger partial charge in [0.1, 0.15) is 4.90 Å². The van der Waals surface area contributed by atoms with Crippen molar-refractivity contribution in [2.45, 2.75) is 24.8 Å². The molecule has 0 radical (unpaired) electrons. The molecule has 0 atom stereocenters. The van der Waals surface area contributed by atoms with Crippen molar-refractivity contribution in [3.63, 3.8) is 0 Å². The van der Waals surface area contributed by atoms with E-state index in [2.05, 4.69) is 20.5 Å². The number of H-pyrrole nitrogens is 1. The van der Waals surface area contributed by atoms with Crippen LogP contribution in [0.15, 0.2) is 23.2 Å². The fourth-order valence-corrected chi connectivity index (χ4v) is 5.41. The highest BCUT2D eigenvalue weighted by Gasteiger charge is 2.27. The Balaban J connectivity index is 1.51. The van der Waals surface area contributed by atoms with Crippen LogP contribution in [0.4, 0.5) is 5.13 Å². The van der Waals surface area contributed by atoms with Crippen molar-refractivity contribution in [1.82, 2.24) is 19.5 Å². The summed E-state index contributed by atoms with van der Waals surface area (Å²) in [6.45, 7) is 2.56. The van der Waals surface area contributed by atoms with Crippen LogP contribution in [0.1, 0.15) is 16.1 Å². The van der Waals surface area contributed by atoms with Crippen molar-refractivity contribution in [2.75, 3.05) is 25.5 Å². The number of ether oxygens (including phenoxy) is 1. The number of fused-ring (bicyclic) bond motifs is 2. The van der Waals surface area contributed by atoms with Crippen molar-refractivity contribution in [2.24, 2.45) is 0 Å². The van der Waals surface area contributed by atoms with Gasteiger partial charge in [-0.05, 0) is 24.6 Å². The lowest BCUT2D eigenvalue weighted by atomic mass is 10.2. The topological polar surface area (TPSA) is 117 Å². The number of likely N-dealkylation sites (N-methyl/N-ethyl adjacent to an activating group) is 1. The Kier molecular flexibility index (Phi) is 4.91. The lowest BCUT2D eigenvalue weighted by Crippen LogP contribution is -2.35. The van der Waals surface area contributed by atoms with E-state index in [-0.39, 0.29) is 11.4 Å². The largest absolute Gasteiger partial charge is 0.375 e. The molecule has 3 heterocycles. The van der Waals surface area contributed by atoms with Crippen LogP contribution in [0.3, 0.4) is 0 Å². The summed E-state index contributed by atoms with van der Waals surface area (Å²) in [5.74, 6) is -0.452. The van der Waals surface area contributed by atoms with Crippen LogP contribution in [0.5, 0.6) is 0 Å². The summed E-state index contributed by atoms with van der Waals surface area (Å²) in [5.41, 5.74) is 2.04. The molecular weight excluding hydrogens is 402 g/mol. The Morgan fingerprint density at radius 1 is 1.43 bits per heavy atom. The monoisotopic (exact) mass is 421 g/mol. The van der Waals surface area contributed by atoms with E-state index in [4.69, 9.17) is 4.74 Å². The minimum Gasteiger partial charge on any atom is -0.375 e. The number of hydrogen-bond acceptors (Lipinski definition) is 7. The number of benzene rings is 1. The zero-order valence-electron chi connectivity index (χ0n) is 15.4. The number of nitrogens with zero attached hydrogens (tertiary/aromatic N) is 3. The number of rotatable bonds is 5. The molecule has 2 N–H and O–H groups in total. The standard InChI is InChI=1S/C17H19N5O4S2/c1-10-5-11-7-18-21-16(11)14(6-10)28(24,25)22(2)8-15(23)20-17-19-12-9-26-4-3-13(12)27-17/h5-7H,3-4,8-9H2,1-2H3,(H,18,21)(H,19,20,23). The molecule has 4 rings (SSSR count). The second-order valence-corrected chi connectivity index (χ2v) is 9.69. The van der Waals surface area contributed by atoms with Gasteiger partial charge in [0.2, 0.25) is 15.9 Å². The summed E-state index contributed by atoms with van der Waals surface area (Å²) in [5, 5.41) is 10.5. The SMILES string of the molecule is Cc1cc(S(=O)(=O)N(C)CC(=O)Nc2nc3c(s2)CCOC3)c2[nH]ncc2c1. The van der Waals surface area contributed by atoms with Gasteiger partial charge in [-0.25, -0.2) is 13.4 Å². The van der Waals surface area contributed by atoms with Crippen LogP contribution < -0.4 is 5.32 Å². The number of hydrogen-bond donors (Lipinski definition) is 2. The minimum atomic E-state index is -3.88. The third kappa shape index (κ3) is 3.53. The van der Waals surface area contributed by atoms with Crippen LogP contribution in [-0.4, -0.2) is 54.0 Å². The molecule has 28 heavy (non-hydrogen) atoms. The van der Waals surface area contributed by atoms with Gasteiger partial charge in [0.15, 0.2) is 5.13 Å². The van der Waals surface area contributed by atoms with E-state index in [0.29, 0.717) is 29.2 Å². The second kappa shape index (κ2) is 7.24. The Hall–Kier alpha value is -2.34. The summed E-state index contributed by atoms with van der Waals surface area (Å²) in [4.78, 5) is 17.9. The van der Waals surface area contributed by atoms with Gasteiger partial charge in [0, 0.05) is 23.7 Å². The van der Waals surface area contributed by atoms with E-state index < -0.39 is 15.9 Å². The molecule has 0 spiro atoms. The third-order valence-corrected chi connectivity index (χ3v) is 7.35. The summed E-state index contributed by atoms with van der Waals surface area (Å²) in [6, 6.07) is 3.41. The van der Waals surface area contributed by atoms with Crippen molar-refractivity contribution >= 4 is 43.3 Å². The van der Waals surface area contributed by atoms with Gasteiger partial charge in [-0.2, -0.15) is 9.40 Å². The number of carbonyl (C=O) groups is 1. The van der Waals surface area contributed by atoms with Crippen molar-refractivity contribution < 1.29 is 17.9 Å². The Labute approximate surface area is 165 Å². The molecule has 11 heteroatoms. The molecule has 2 aromatic heterocycles. The molecule has 1 amide bonds. The highest BCUT2D eigenvalue weighted by Crippen LogP contribution is 2.28. The van der Waals surface area contributed by atoms with E-state index >= 15 is 0 Å². The maximum absolute atomic E-state index is 13.0. The first-order valence-corrected chi connectivity index (χ1v) is 10.9. The lowest BCUT2D eigenvalue weighted by molar-refractivity contribution is -0.116. The molecule has 1 aromatic carbocycles. The first kappa shape index (κ1) is 19.0. The van der Waals surface area contributed by atoms with E-state index in [1.165, 1.54) is 18.4 Å². The molecule has 0 saturated heterocycles. The van der Waals surface area contributed by atoms with Crippen LogP contribution >= 0.6 is 11.3 Å². The number of aromatic amines is 1. The van der Waals surface area contributed by atoms with Gasteiger partial charge in [0.05, 0.1) is 37.2 Å².